The fourth-order valence-electron chi connectivity index (χ4n) is 17.5. The molecule has 23 rings (SSSR count). The molecular formula is C126H92N4. The van der Waals surface area contributed by atoms with Crippen LogP contribution in [0.2, 0.25) is 0 Å². The van der Waals surface area contributed by atoms with Gasteiger partial charge in [-0.25, -0.2) is 0 Å². The van der Waals surface area contributed by atoms with Crippen molar-refractivity contribution in [2.45, 2.75) is 0 Å². The Bertz CT molecular complexity index is 7550. The summed E-state index contributed by atoms with van der Waals surface area (Å²) < 4.78 is 0. The summed E-state index contributed by atoms with van der Waals surface area (Å²) >= 11 is 0. The Morgan fingerprint density at radius 1 is 0.100 bits per heavy atom. The lowest BCUT2D eigenvalue weighted by molar-refractivity contribution is 1.53. The summed E-state index contributed by atoms with van der Waals surface area (Å²) in [7, 11) is 0. The van der Waals surface area contributed by atoms with Crippen molar-refractivity contribution in [2.75, 3.05) is 21.3 Å². The molecule has 130 heavy (non-hydrogen) atoms. The summed E-state index contributed by atoms with van der Waals surface area (Å²) in [4.78, 5) is 0. The van der Waals surface area contributed by atoms with E-state index >= 15 is 0 Å². The molecule has 0 unspecified atom stereocenters. The average Bonchev–Trinajstić information content (AvgIpc) is 0.760. The normalized spacial score (nSPS) is 10.9. The predicted molar refractivity (Wildman–Crippen MR) is 559 cm³/mol. The van der Waals surface area contributed by atoms with Crippen LogP contribution in [-0.4, -0.2) is 0 Å². The Labute approximate surface area is 760 Å². The van der Waals surface area contributed by atoms with E-state index in [0.29, 0.717) is 0 Å². The highest BCUT2D eigenvalue weighted by molar-refractivity contribution is 6.14. The van der Waals surface area contributed by atoms with Gasteiger partial charge in [-0.15, -0.1) is 0 Å². The first-order valence-corrected chi connectivity index (χ1v) is 44.4. The molecule has 0 heterocycles. The van der Waals surface area contributed by atoms with Crippen molar-refractivity contribution in [2.24, 2.45) is 0 Å². The Balaban J connectivity index is 0.000000109. The summed E-state index contributed by atoms with van der Waals surface area (Å²) in [5.41, 5.74) is 30.9. The highest BCUT2D eigenvalue weighted by atomic mass is 14.9. The van der Waals surface area contributed by atoms with E-state index < -0.39 is 0 Å². The minimum absolute atomic E-state index is 1.07. The van der Waals surface area contributed by atoms with Crippen molar-refractivity contribution in [3.05, 3.63) is 534 Å². The molecule has 0 aliphatic rings. The summed E-state index contributed by atoms with van der Waals surface area (Å²) in [5, 5.41) is 29.4. The first-order chi connectivity index (χ1) is 64.4. The topological polar surface area (TPSA) is 48.1 Å². The van der Waals surface area contributed by atoms with Gasteiger partial charge in [-0.05, 0) is 269 Å². The number of rotatable bonds is 17. The van der Waals surface area contributed by atoms with Gasteiger partial charge in [0.1, 0.15) is 0 Å². The van der Waals surface area contributed by atoms with Gasteiger partial charge in [0.05, 0.1) is 0 Å². The van der Waals surface area contributed by atoms with Crippen LogP contribution in [0.3, 0.4) is 0 Å². The number of anilines is 8. The third-order valence-corrected chi connectivity index (χ3v) is 24.2. The number of hydrogen-bond acceptors (Lipinski definition) is 4. The highest BCUT2D eigenvalue weighted by Gasteiger charge is 2.14. The predicted octanol–water partition coefficient (Wildman–Crippen LogP) is 35.6. The molecular weight excluding hydrogens is 1570 g/mol. The molecule has 4 nitrogen and oxygen atoms in total. The third kappa shape index (κ3) is 18.8. The van der Waals surface area contributed by atoms with Crippen LogP contribution < -0.4 is 21.3 Å². The van der Waals surface area contributed by atoms with Crippen molar-refractivity contribution in [3.63, 3.8) is 0 Å². The summed E-state index contributed by atoms with van der Waals surface area (Å²) in [6.07, 6.45) is 0. The minimum Gasteiger partial charge on any atom is -0.356 e. The molecule has 23 aromatic carbocycles. The van der Waals surface area contributed by atoms with E-state index in [1.807, 2.05) is 6.07 Å². The van der Waals surface area contributed by atoms with Crippen LogP contribution in [0.5, 0.6) is 0 Å². The van der Waals surface area contributed by atoms with Crippen LogP contribution in [0.1, 0.15) is 0 Å². The van der Waals surface area contributed by atoms with Gasteiger partial charge in [-0.2, -0.15) is 0 Å². The van der Waals surface area contributed by atoms with Crippen LogP contribution in [0, 0.1) is 0 Å². The van der Waals surface area contributed by atoms with Gasteiger partial charge in [0.15, 0.2) is 0 Å². The Kier molecular flexibility index (Phi) is 24.1. The van der Waals surface area contributed by atoms with Crippen molar-refractivity contribution < 1.29 is 0 Å². The van der Waals surface area contributed by atoms with Crippen LogP contribution in [0.15, 0.2) is 534 Å². The molecule has 4 N–H and O–H groups in total. The van der Waals surface area contributed by atoms with E-state index in [0.717, 1.165) is 45.5 Å². The number of hydrogen-bond donors (Lipinski definition) is 4. The van der Waals surface area contributed by atoms with Crippen molar-refractivity contribution in [3.8, 4) is 100 Å². The lowest BCUT2D eigenvalue weighted by atomic mass is 9.93. The quantitative estimate of drug-likeness (QED) is 0.0687. The fraction of sp³-hybridized carbons (Fsp3) is 0. The van der Waals surface area contributed by atoms with Crippen LogP contribution >= 0.6 is 0 Å². The van der Waals surface area contributed by atoms with E-state index in [4.69, 9.17) is 0 Å². The Morgan fingerprint density at radius 3 is 0.669 bits per heavy atom. The smallest absolute Gasteiger partial charge is 0.0463 e. The molecule has 0 saturated heterocycles. The third-order valence-electron chi connectivity index (χ3n) is 24.2. The first-order valence-electron chi connectivity index (χ1n) is 44.4. The Hall–Kier alpha value is -17.2. The number of benzene rings is 23. The zero-order valence-corrected chi connectivity index (χ0v) is 71.8. The van der Waals surface area contributed by atoms with E-state index in [-0.39, 0.29) is 0 Å². The van der Waals surface area contributed by atoms with E-state index in [1.54, 1.807) is 0 Å². The summed E-state index contributed by atoms with van der Waals surface area (Å²) in [6.45, 7) is 0. The molecule has 0 bridgehead atoms. The van der Waals surface area contributed by atoms with Gasteiger partial charge in [-0.1, -0.05) is 425 Å². The minimum atomic E-state index is 1.07. The second-order valence-electron chi connectivity index (χ2n) is 32.6. The standard InChI is InChI=1S/C36H27N.C32H23N.C30H21N.C28H21N/c1-3-9-27(10-4-1)31-13-7-15-33(25-31)29-17-21-35(22-18-29)37-36-23-19-30(20-24-36)34-16-8-14-32(26-34)28-11-5-2-6-12-28;1-3-11-29-23(7-1)9-5-13-31(29)25-15-19-27(20-16-25)33-28-21-17-26(18-22-28)32-14-6-10-24-8-2-4-12-30(24)32;1-4-12-26-21(8-1)10-7-15-30(26)31-24-18-16-22(17-19-24)29-20-23-9-2-3-11-25(23)27-13-5-6-14-28(27)29;1-2-7-21(8-3-1)22-13-17-25(18-14-22)29-26-19-15-24(16-20-26)28-12-6-10-23-9-4-5-11-27(23)28/h1-26,37H;1-22,33H;1-20,31H;1-20,29H. The largest absolute Gasteiger partial charge is 0.356 e. The molecule has 0 amide bonds. The molecule has 0 aromatic heterocycles. The number of fused-ring (bicyclic) bond motifs is 7. The van der Waals surface area contributed by atoms with E-state index in [2.05, 4.69) is 549 Å². The molecule has 0 atom stereocenters. The van der Waals surface area contributed by atoms with Gasteiger partial charge < -0.3 is 21.3 Å². The van der Waals surface area contributed by atoms with Crippen LogP contribution in [-0.2, 0) is 0 Å². The second-order valence-corrected chi connectivity index (χ2v) is 32.6. The molecule has 0 radical (unpaired) electrons. The van der Waals surface area contributed by atoms with Crippen molar-refractivity contribution in [1.29, 1.82) is 0 Å². The maximum Gasteiger partial charge on any atom is 0.0463 e. The molecule has 0 aliphatic carbocycles. The summed E-state index contributed by atoms with van der Waals surface area (Å²) in [5.74, 6) is 0. The van der Waals surface area contributed by atoms with Gasteiger partial charge in [0.2, 0.25) is 0 Å². The highest BCUT2D eigenvalue weighted by Crippen LogP contribution is 2.40. The van der Waals surface area contributed by atoms with E-state index in [9.17, 15) is 0 Å². The lowest BCUT2D eigenvalue weighted by Crippen LogP contribution is -1.91. The second kappa shape index (κ2) is 38.5. The fourth-order valence-corrected chi connectivity index (χ4v) is 17.5. The molecule has 616 valence electrons. The SMILES string of the molecule is c1ccc(-c2ccc(Nc3ccc(-c4cccc5ccccc45)cc3)cc2)cc1.c1ccc(-c2cccc(-c3ccc(Nc4ccc(-c5cccc(-c6ccccc6)c5)cc4)cc3)c2)cc1.c1ccc2c(-c3ccc(Nc4ccc(-c5cccc6ccccc56)cc4)cc3)cccc2c1.c1ccc2c(Nc3ccc(-c4cc5ccccc5c5ccccc45)cc3)cccc2c1. The van der Waals surface area contributed by atoms with Crippen LogP contribution in [0.4, 0.5) is 45.5 Å². The Morgan fingerprint density at radius 2 is 0.315 bits per heavy atom. The maximum atomic E-state index is 3.59. The molecule has 4 heteroatoms. The number of nitrogens with one attached hydrogen (secondary N) is 4. The molecule has 0 aliphatic heterocycles. The zero-order chi connectivity index (χ0) is 87.0. The van der Waals surface area contributed by atoms with Crippen molar-refractivity contribution in [1.82, 2.24) is 0 Å². The maximum absolute atomic E-state index is 3.59. The molecule has 23 aromatic rings. The summed E-state index contributed by atoms with van der Waals surface area (Å²) in [6, 6.07) is 189. The van der Waals surface area contributed by atoms with Crippen LogP contribution in [0.25, 0.3) is 165 Å². The monoisotopic (exact) mass is 1660 g/mol. The van der Waals surface area contributed by atoms with Gasteiger partial charge in [0, 0.05) is 50.9 Å². The first kappa shape index (κ1) is 81.2. The average molecular weight is 1660 g/mol. The van der Waals surface area contributed by atoms with E-state index in [1.165, 1.54) is 165 Å². The zero-order valence-electron chi connectivity index (χ0n) is 71.8. The lowest BCUT2D eigenvalue weighted by Gasteiger charge is -2.13. The molecule has 0 spiro atoms. The van der Waals surface area contributed by atoms with Gasteiger partial charge in [-0.3, -0.25) is 0 Å². The van der Waals surface area contributed by atoms with Gasteiger partial charge in [0.25, 0.3) is 0 Å². The molecule has 0 saturated carbocycles. The molecule has 0 fully saturated rings. The van der Waals surface area contributed by atoms with Crippen molar-refractivity contribution >= 4 is 110 Å². The van der Waals surface area contributed by atoms with Gasteiger partial charge >= 0.3 is 0 Å².